The molecule has 2 aromatic rings. The van der Waals surface area contributed by atoms with Gasteiger partial charge in [0.25, 0.3) is 5.91 Å². The molecule has 0 unspecified atom stereocenters. The molecule has 1 fully saturated rings. The van der Waals surface area contributed by atoms with Gasteiger partial charge in [-0.2, -0.15) is 0 Å². The maximum absolute atomic E-state index is 12.4. The SMILES string of the molecule is CCN1CCN(Cc2ccc(CNC(=O)c3cccc(COC)c3)cc2)CC1. The largest absolute Gasteiger partial charge is 0.380 e. The number of hydrogen-bond acceptors (Lipinski definition) is 4. The van der Waals surface area contributed by atoms with Gasteiger partial charge in [-0.25, -0.2) is 0 Å². The number of rotatable bonds is 8. The highest BCUT2D eigenvalue weighted by Gasteiger charge is 2.15. The molecule has 1 aliphatic rings. The maximum Gasteiger partial charge on any atom is 0.251 e. The van der Waals surface area contributed by atoms with E-state index in [1.165, 1.54) is 5.56 Å². The van der Waals surface area contributed by atoms with Crippen LogP contribution in [0.3, 0.4) is 0 Å². The van der Waals surface area contributed by atoms with Crippen molar-refractivity contribution < 1.29 is 9.53 Å². The highest BCUT2D eigenvalue weighted by Crippen LogP contribution is 2.11. The van der Waals surface area contributed by atoms with Crippen LogP contribution >= 0.6 is 0 Å². The Morgan fingerprint density at radius 3 is 2.32 bits per heavy atom. The first-order valence-corrected chi connectivity index (χ1v) is 10.1. The van der Waals surface area contributed by atoms with E-state index >= 15 is 0 Å². The number of likely N-dealkylation sites (N-methyl/N-ethyl adjacent to an activating group) is 1. The number of carbonyl (C=O) groups is 1. The predicted molar refractivity (Wildman–Crippen MR) is 112 cm³/mol. The Morgan fingerprint density at radius 2 is 1.64 bits per heavy atom. The Bertz CT molecular complexity index is 753. The van der Waals surface area contributed by atoms with Crippen molar-refractivity contribution in [2.24, 2.45) is 0 Å². The fraction of sp³-hybridized carbons (Fsp3) is 0.435. The number of nitrogens with zero attached hydrogens (tertiary/aromatic N) is 2. The molecule has 28 heavy (non-hydrogen) atoms. The molecule has 150 valence electrons. The quantitative estimate of drug-likeness (QED) is 0.764. The van der Waals surface area contributed by atoms with Gasteiger partial charge in [0, 0.05) is 51.9 Å². The zero-order chi connectivity index (χ0) is 19.8. The minimum atomic E-state index is -0.0594. The Kier molecular flexibility index (Phi) is 7.60. The maximum atomic E-state index is 12.4. The topological polar surface area (TPSA) is 44.8 Å². The second-order valence-corrected chi connectivity index (χ2v) is 7.34. The minimum absolute atomic E-state index is 0.0594. The van der Waals surface area contributed by atoms with Crippen LogP contribution in [0.4, 0.5) is 0 Å². The number of methoxy groups -OCH3 is 1. The van der Waals surface area contributed by atoms with Crippen LogP contribution in [0.15, 0.2) is 48.5 Å². The molecular formula is C23H31N3O2. The Balaban J connectivity index is 1.48. The van der Waals surface area contributed by atoms with E-state index in [0.29, 0.717) is 18.7 Å². The smallest absolute Gasteiger partial charge is 0.251 e. The predicted octanol–water partition coefficient (Wildman–Crippen LogP) is 2.90. The summed E-state index contributed by atoms with van der Waals surface area (Å²) in [5, 5.41) is 3.00. The van der Waals surface area contributed by atoms with Crippen molar-refractivity contribution in [1.29, 1.82) is 0 Å². The zero-order valence-electron chi connectivity index (χ0n) is 17.0. The summed E-state index contributed by atoms with van der Waals surface area (Å²) in [5.74, 6) is -0.0594. The molecule has 0 saturated carbocycles. The van der Waals surface area contributed by atoms with Gasteiger partial charge in [0.1, 0.15) is 0 Å². The number of amides is 1. The van der Waals surface area contributed by atoms with Gasteiger partial charge in [0.2, 0.25) is 0 Å². The second-order valence-electron chi connectivity index (χ2n) is 7.34. The van der Waals surface area contributed by atoms with Crippen molar-refractivity contribution in [3.05, 3.63) is 70.8 Å². The second kappa shape index (κ2) is 10.4. The summed E-state index contributed by atoms with van der Waals surface area (Å²) in [7, 11) is 1.65. The molecule has 2 aromatic carbocycles. The van der Waals surface area contributed by atoms with E-state index in [4.69, 9.17) is 4.74 Å². The van der Waals surface area contributed by atoms with Crippen LogP contribution < -0.4 is 5.32 Å². The fourth-order valence-electron chi connectivity index (χ4n) is 3.54. The van der Waals surface area contributed by atoms with Gasteiger partial charge in [-0.1, -0.05) is 43.3 Å². The zero-order valence-corrected chi connectivity index (χ0v) is 17.0. The first kappa shape index (κ1) is 20.5. The summed E-state index contributed by atoms with van der Waals surface area (Å²) in [4.78, 5) is 17.4. The Morgan fingerprint density at radius 1 is 0.964 bits per heavy atom. The lowest BCUT2D eigenvalue weighted by atomic mass is 10.1. The molecule has 1 heterocycles. The minimum Gasteiger partial charge on any atom is -0.380 e. The lowest BCUT2D eigenvalue weighted by Crippen LogP contribution is -2.45. The van der Waals surface area contributed by atoms with E-state index in [1.807, 2.05) is 24.3 Å². The third-order valence-electron chi connectivity index (χ3n) is 5.29. The molecule has 0 atom stereocenters. The molecule has 5 heteroatoms. The highest BCUT2D eigenvalue weighted by atomic mass is 16.5. The Labute approximate surface area is 168 Å². The normalized spacial score (nSPS) is 15.5. The van der Waals surface area contributed by atoms with Gasteiger partial charge in [-0.3, -0.25) is 9.69 Å². The van der Waals surface area contributed by atoms with E-state index in [9.17, 15) is 4.79 Å². The summed E-state index contributed by atoms with van der Waals surface area (Å²) < 4.78 is 5.13. The number of nitrogens with one attached hydrogen (secondary N) is 1. The van der Waals surface area contributed by atoms with Gasteiger partial charge < -0.3 is 15.0 Å². The van der Waals surface area contributed by atoms with Crippen LogP contribution in [0, 0.1) is 0 Å². The van der Waals surface area contributed by atoms with Gasteiger partial charge in [0.15, 0.2) is 0 Å². The third kappa shape index (κ3) is 5.89. The summed E-state index contributed by atoms with van der Waals surface area (Å²) in [6.45, 7) is 9.99. The summed E-state index contributed by atoms with van der Waals surface area (Å²) in [6.07, 6.45) is 0. The summed E-state index contributed by atoms with van der Waals surface area (Å²) in [6, 6.07) is 16.1. The molecule has 5 nitrogen and oxygen atoms in total. The van der Waals surface area contributed by atoms with Gasteiger partial charge >= 0.3 is 0 Å². The molecular weight excluding hydrogens is 350 g/mol. The van der Waals surface area contributed by atoms with Crippen LogP contribution in [0.25, 0.3) is 0 Å². The monoisotopic (exact) mass is 381 g/mol. The van der Waals surface area contributed by atoms with E-state index in [0.717, 1.165) is 50.4 Å². The van der Waals surface area contributed by atoms with Crippen molar-refractivity contribution >= 4 is 5.91 Å². The van der Waals surface area contributed by atoms with Crippen molar-refractivity contribution in [2.45, 2.75) is 26.6 Å². The van der Waals surface area contributed by atoms with Crippen molar-refractivity contribution in [3.63, 3.8) is 0 Å². The van der Waals surface area contributed by atoms with Gasteiger partial charge in [-0.15, -0.1) is 0 Å². The van der Waals surface area contributed by atoms with Crippen LogP contribution in [0.1, 0.15) is 34.0 Å². The average molecular weight is 382 g/mol. The summed E-state index contributed by atoms with van der Waals surface area (Å²) >= 11 is 0. The van der Waals surface area contributed by atoms with Crippen molar-refractivity contribution in [1.82, 2.24) is 15.1 Å². The number of carbonyl (C=O) groups excluding carboxylic acids is 1. The van der Waals surface area contributed by atoms with Crippen LogP contribution in [-0.2, 0) is 24.4 Å². The van der Waals surface area contributed by atoms with Gasteiger partial charge in [-0.05, 0) is 35.4 Å². The molecule has 1 aliphatic heterocycles. The first-order valence-electron chi connectivity index (χ1n) is 10.1. The van der Waals surface area contributed by atoms with E-state index in [2.05, 4.69) is 46.3 Å². The highest BCUT2D eigenvalue weighted by molar-refractivity contribution is 5.94. The molecule has 1 N–H and O–H groups in total. The molecule has 0 spiro atoms. The van der Waals surface area contributed by atoms with Crippen LogP contribution in [-0.4, -0.2) is 55.5 Å². The van der Waals surface area contributed by atoms with Crippen molar-refractivity contribution in [2.75, 3.05) is 39.8 Å². The van der Waals surface area contributed by atoms with Crippen molar-refractivity contribution in [3.8, 4) is 0 Å². The molecule has 1 saturated heterocycles. The molecule has 1 amide bonds. The fourth-order valence-corrected chi connectivity index (χ4v) is 3.54. The van der Waals surface area contributed by atoms with E-state index in [1.54, 1.807) is 7.11 Å². The molecule has 3 rings (SSSR count). The number of ether oxygens (including phenoxy) is 1. The lowest BCUT2D eigenvalue weighted by molar-refractivity contribution is 0.0950. The van der Waals surface area contributed by atoms with Gasteiger partial charge in [0.05, 0.1) is 6.61 Å². The number of hydrogen-bond donors (Lipinski definition) is 1. The lowest BCUT2D eigenvalue weighted by Gasteiger charge is -2.34. The molecule has 0 aromatic heterocycles. The number of piperazine rings is 1. The van der Waals surface area contributed by atoms with Crippen LogP contribution in [0.2, 0.25) is 0 Å². The first-order chi connectivity index (χ1) is 13.7. The number of benzene rings is 2. The Hall–Kier alpha value is -2.21. The molecule has 0 radical (unpaired) electrons. The van der Waals surface area contributed by atoms with E-state index in [-0.39, 0.29) is 5.91 Å². The third-order valence-corrected chi connectivity index (χ3v) is 5.29. The van der Waals surface area contributed by atoms with E-state index < -0.39 is 0 Å². The average Bonchev–Trinajstić information content (AvgIpc) is 2.74. The molecule has 0 aliphatic carbocycles. The molecule has 0 bridgehead atoms. The summed E-state index contributed by atoms with van der Waals surface area (Å²) in [5.41, 5.74) is 4.10. The van der Waals surface area contributed by atoms with Crippen LogP contribution in [0.5, 0.6) is 0 Å². The standard InChI is InChI=1S/C23H31N3O2/c1-3-25-11-13-26(14-12-25)17-20-9-7-19(8-10-20)16-24-23(27)22-6-4-5-21(15-22)18-28-2/h4-10,15H,3,11-14,16-18H2,1-2H3,(H,24,27).